The van der Waals surface area contributed by atoms with Gasteiger partial charge in [0, 0.05) is 0 Å². The fraction of sp³-hybridized carbons (Fsp3) is 0.870. The Hall–Kier alpha value is -1.03. The zero-order valence-electron chi connectivity index (χ0n) is 18.6. The fourth-order valence-corrected chi connectivity index (χ4v) is 2.91. The highest BCUT2D eigenvalue weighted by Crippen LogP contribution is 2.12. The number of hydrogen-bond acceptors (Lipinski definition) is 3. The van der Waals surface area contributed by atoms with Crippen molar-refractivity contribution < 1.29 is 14.6 Å². The number of allylic oxidation sites excluding steroid dienone is 1. The Kier molecular flexibility index (Phi) is 15.4. The molecule has 0 aliphatic carbocycles. The standard InChI is InChI=1S/C23H45NO3/c1-6-7-8-9-10-11-12-13-14-15-16-17-18-19-21(25)20(2)24-22(26)27-23(3,4)5/h18-21,25H,6-17H2,1-5H3,(H,24,26)/t20-,21-/m0/s1. The second-order valence-corrected chi connectivity index (χ2v) is 8.68. The van der Waals surface area contributed by atoms with Crippen LogP contribution >= 0.6 is 0 Å². The number of rotatable bonds is 15. The topological polar surface area (TPSA) is 58.6 Å². The van der Waals surface area contributed by atoms with Gasteiger partial charge in [-0.05, 0) is 40.5 Å². The molecule has 0 saturated carbocycles. The number of hydrogen-bond donors (Lipinski definition) is 2. The van der Waals surface area contributed by atoms with Crippen molar-refractivity contribution in [2.24, 2.45) is 0 Å². The van der Waals surface area contributed by atoms with Gasteiger partial charge in [0.25, 0.3) is 0 Å². The van der Waals surface area contributed by atoms with Crippen LogP contribution in [-0.2, 0) is 4.74 Å². The summed E-state index contributed by atoms with van der Waals surface area (Å²) in [6, 6.07) is -0.367. The maximum atomic E-state index is 11.7. The molecule has 0 heterocycles. The smallest absolute Gasteiger partial charge is 0.407 e. The average Bonchev–Trinajstić information content (AvgIpc) is 2.57. The Morgan fingerprint density at radius 2 is 1.44 bits per heavy atom. The number of ether oxygens (including phenoxy) is 1. The molecule has 0 unspecified atom stereocenters. The van der Waals surface area contributed by atoms with Crippen molar-refractivity contribution in [1.29, 1.82) is 0 Å². The lowest BCUT2D eigenvalue weighted by molar-refractivity contribution is 0.0465. The van der Waals surface area contributed by atoms with E-state index >= 15 is 0 Å². The Bertz CT molecular complexity index is 388. The SMILES string of the molecule is CCCCCCCCCCCCCC=C[C@H](O)[C@H](C)NC(=O)OC(C)(C)C. The van der Waals surface area contributed by atoms with Crippen LogP contribution in [0.2, 0.25) is 0 Å². The van der Waals surface area contributed by atoms with Crippen molar-refractivity contribution in [3.63, 3.8) is 0 Å². The first-order valence-electron chi connectivity index (χ1n) is 11.1. The zero-order valence-corrected chi connectivity index (χ0v) is 18.6. The fourth-order valence-electron chi connectivity index (χ4n) is 2.91. The number of carbonyl (C=O) groups is 1. The Morgan fingerprint density at radius 3 is 1.93 bits per heavy atom. The van der Waals surface area contributed by atoms with Gasteiger partial charge in [0.1, 0.15) is 5.60 Å². The molecule has 4 nitrogen and oxygen atoms in total. The maximum Gasteiger partial charge on any atom is 0.407 e. The summed E-state index contributed by atoms with van der Waals surface area (Å²) in [6.45, 7) is 9.50. The lowest BCUT2D eigenvalue weighted by Crippen LogP contribution is -2.43. The van der Waals surface area contributed by atoms with Crippen LogP contribution in [0.1, 0.15) is 112 Å². The minimum Gasteiger partial charge on any atom is -0.444 e. The molecule has 0 bridgehead atoms. The molecule has 2 N–H and O–H groups in total. The van der Waals surface area contributed by atoms with E-state index in [0.29, 0.717) is 0 Å². The number of amides is 1. The van der Waals surface area contributed by atoms with Gasteiger partial charge in [0.2, 0.25) is 0 Å². The molecule has 0 aromatic carbocycles. The van der Waals surface area contributed by atoms with E-state index in [4.69, 9.17) is 4.74 Å². The second kappa shape index (κ2) is 16.0. The molecule has 0 aromatic heterocycles. The van der Waals surface area contributed by atoms with Gasteiger partial charge in [0.05, 0.1) is 12.1 Å². The van der Waals surface area contributed by atoms with E-state index in [1.165, 1.54) is 64.2 Å². The van der Waals surface area contributed by atoms with Crippen molar-refractivity contribution >= 4 is 6.09 Å². The van der Waals surface area contributed by atoms with Crippen LogP contribution in [0.15, 0.2) is 12.2 Å². The maximum absolute atomic E-state index is 11.7. The third kappa shape index (κ3) is 18.1. The second-order valence-electron chi connectivity index (χ2n) is 8.68. The minimum atomic E-state index is -0.690. The van der Waals surface area contributed by atoms with E-state index in [1.54, 1.807) is 13.0 Å². The molecule has 0 aliphatic rings. The summed E-state index contributed by atoms with van der Waals surface area (Å²) in [5, 5.41) is 12.8. The van der Waals surface area contributed by atoms with Crippen LogP contribution in [-0.4, -0.2) is 28.9 Å². The van der Waals surface area contributed by atoms with Crippen LogP contribution in [0.4, 0.5) is 4.79 Å². The van der Waals surface area contributed by atoms with Gasteiger partial charge in [-0.1, -0.05) is 83.3 Å². The molecule has 0 aliphatic heterocycles. The molecule has 27 heavy (non-hydrogen) atoms. The molecule has 2 atom stereocenters. The van der Waals surface area contributed by atoms with E-state index in [2.05, 4.69) is 12.2 Å². The van der Waals surface area contributed by atoms with Gasteiger partial charge < -0.3 is 15.2 Å². The summed E-state index contributed by atoms with van der Waals surface area (Å²) in [6.07, 6.45) is 18.3. The van der Waals surface area contributed by atoms with Crippen LogP contribution < -0.4 is 5.32 Å². The van der Waals surface area contributed by atoms with Crippen molar-refractivity contribution in [2.75, 3.05) is 0 Å². The van der Waals surface area contributed by atoms with Crippen LogP contribution in [0.5, 0.6) is 0 Å². The minimum absolute atomic E-state index is 0.367. The average molecular weight is 384 g/mol. The first kappa shape index (κ1) is 26.0. The monoisotopic (exact) mass is 383 g/mol. The summed E-state index contributed by atoms with van der Waals surface area (Å²) in [5.74, 6) is 0. The normalized spacial score (nSPS) is 14.3. The summed E-state index contributed by atoms with van der Waals surface area (Å²) in [7, 11) is 0. The first-order valence-corrected chi connectivity index (χ1v) is 11.1. The lowest BCUT2D eigenvalue weighted by Gasteiger charge is -2.23. The van der Waals surface area contributed by atoms with Crippen molar-refractivity contribution in [3.8, 4) is 0 Å². The molecule has 0 aromatic rings. The molecule has 0 spiro atoms. The number of unbranched alkanes of at least 4 members (excludes halogenated alkanes) is 11. The molecular formula is C23H45NO3. The molecule has 1 amide bonds. The van der Waals surface area contributed by atoms with Gasteiger partial charge in [-0.15, -0.1) is 0 Å². The number of aliphatic hydroxyl groups is 1. The number of carbonyl (C=O) groups excluding carboxylic acids is 1. The molecule has 4 heteroatoms. The molecule has 0 fully saturated rings. The van der Waals surface area contributed by atoms with Crippen molar-refractivity contribution in [2.45, 2.75) is 129 Å². The van der Waals surface area contributed by atoms with E-state index in [0.717, 1.165) is 12.8 Å². The molecule has 0 rings (SSSR count). The third-order valence-corrected chi connectivity index (χ3v) is 4.56. The molecule has 0 radical (unpaired) electrons. The van der Waals surface area contributed by atoms with Crippen LogP contribution in [0.25, 0.3) is 0 Å². The molecule has 160 valence electrons. The highest BCUT2D eigenvalue weighted by molar-refractivity contribution is 5.68. The summed E-state index contributed by atoms with van der Waals surface area (Å²) < 4.78 is 5.20. The van der Waals surface area contributed by atoms with Crippen molar-refractivity contribution in [3.05, 3.63) is 12.2 Å². The highest BCUT2D eigenvalue weighted by Gasteiger charge is 2.19. The van der Waals surface area contributed by atoms with E-state index in [-0.39, 0.29) is 6.04 Å². The first-order chi connectivity index (χ1) is 12.8. The summed E-state index contributed by atoms with van der Waals surface area (Å²) in [4.78, 5) is 11.7. The summed E-state index contributed by atoms with van der Waals surface area (Å²) >= 11 is 0. The van der Waals surface area contributed by atoms with Gasteiger partial charge in [0.15, 0.2) is 0 Å². The highest BCUT2D eigenvalue weighted by atomic mass is 16.6. The van der Waals surface area contributed by atoms with Gasteiger partial charge in [-0.2, -0.15) is 0 Å². The Labute approximate surface area is 168 Å². The molecule has 0 saturated heterocycles. The van der Waals surface area contributed by atoms with Crippen LogP contribution in [0.3, 0.4) is 0 Å². The predicted octanol–water partition coefficient (Wildman–Crippen LogP) is 6.52. The lowest BCUT2D eigenvalue weighted by atomic mass is 10.0. The Balaban J connectivity index is 3.60. The molecular weight excluding hydrogens is 338 g/mol. The van der Waals surface area contributed by atoms with Crippen molar-refractivity contribution in [1.82, 2.24) is 5.32 Å². The third-order valence-electron chi connectivity index (χ3n) is 4.56. The number of nitrogens with one attached hydrogen (secondary N) is 1. The quantitative estimate of drug-likeness (QED) is 0.250. The number of alkyl carbamates (subject to hydrolysis) is 1. The van der Waals surface area contributed by atoms with Crippen LogP contribution in [0, 0.1) is 0 Å². The van der Waals surface area contributed by atoms with Gasteiger partial charge in [-0.3, -0.25) is 0 Å². The Morgan fingerprint density at radius 1 is 0.963 bits per heavy atom. The van der Waals surface area contributed by atoms with Gasteiger partial charge >= 0.3 is 6.09 Å². The van der Waals surface area contributed by atoms with E-state index in [9.17, 15) is 9.90 Å². The van der Waals surface area contributed by atoms with E-state index in [1.807, 2.05) is 26.8 Å². The zero-order chi connectivity index (χ0) is 20.5. The summed E-state index contributed by atoms with van der Waals surface area (Å²) in [5.41, 5.74) is -0.528. The van der Waals surface area contributed by atoms with E-state index < -0.39 is 17.8 Å². The largest absolute Gasteiger partial charge is 0.444 e. The predicted molar refractivity (Wildman–Crippen MR) is 115 cm³/mol. The number of aliphatic hydroxyl groups excluding tert-OH is 1. The van der Waals surface area contributed by atoms with Gasteiger partial charge in [-0.25, -0.2) is 4.79 Å².